The first-order valence-corrected chi connectivity index (χ1v) is 4.94. The molecule has 0 amide bonds. The van der Waals surface area contributed by atoms with Gasteiger partial charge in [-0.05, 0) is 25.2 Å². The Bertz CT molecular complexity index is 328. The molecule has 1 aliphatic carbocycles. The molecule has 4 heteroatoms. The molecule has 2 N–H and O–H groups in total. The van der Waals surface area contributed by atoms with Crippen LogP contribution >= 0.6 is 0 Å². The summed E-state index contributed by atoms with van der Waals surface area (Å²) in [6.45, 7) is 2.22. The van der Waals surface area contributed by atoms with Crippen molar-refractivity contribution in [3.8, 4) is 0 Å². The van der Waals surface area contributed by atoms with E-state index in [1.807, 2.05) is 0 Å². The summed E-state index contributed by atoms with van der Waals surface area (Å²) in [5.41, 5.74) is -0.185. The predicted octanol–water partition coefficient (Wildman–Crippen LogP) is 1.39. The molecular formula is C9H15N3O. The Morgan fingerprint density at radius 1 is 1.54 bits per heavy atom. The van der Waals surface area contributed by atoms with E-state index in [0.29, 0.717) is 5.92 Å². The molecule has 1 heterocycles. The molecule has 0 saturated heterocycles. The lowest BCUT2D eigenvalue weighted by molar-refractivity contribution is 0.517. The molecule has 0 bridgehead atoms. The van der Waals surface area contributed by atoms with Crippen molar-refractivity contribution in [3.63, 3.8) is 0 Å². The van der Waals surface area contributed by atoms with Crippen molar-refractivity contribution in [2.24, 2.45) is 5.92 Å². The van der Waals surface area contributed by atoms with E-state index in [0.717, 1.165) is 11.7 Å². The fourth-order valence-corrected chi connectivity index (χ4v) is 2.17. The molecule has 2 atom stereocenters. The van der Waals surface area contributed by atoms with Crippen molar-refractivity contribution >= 4 is 0 Å². The van der Waals surface area contributed by atoms with Gasteiger partial charge in [-0.15, -0.1) is 0 Å². The molecule has 1 aromatic heterocycles. The van der Waals surface area contributed by atoms with Gasteiger partial charge in [0, 0.05) is 5.92 Å². The van der Waals surface area contributed by atoms with Gasteiger partial charge in [0.1, 0.15) is 5.82 Å². The molecule has 1 aliphatic rings. The number of nitrogens with zero attached hydrogens (tertiary/aromatic N) is 1. The van der Waals surface area contributed by atoms with Crippen LogP contribution in [0.4, 0.5) is 0 Å². The number of hydrogen-bond acceptors (Lipinski definition) is 2. The molecule has 0 radical (unpaired) electrons. The molecule has 0 spiro atoms. The zero-order valence-corrected chi connectivity index (χ0v) is 7.84. The van der Waals surface area contributed by atoms with Gasteiger partial charge in [-0.25, -0.2) is 9.89 Å². The van der Waals surface area contributed by atoms with Crippen molar-refractivity contribution in [1.29, 1.82) is 0 Å². The topological polar surface area (TPSA) is 61.5 Å². The predicted molar refractivity (Wildman–Crippen MR) is 49.6 cm³/mol. The molecule has 72 valence electrons. The third-order valence-corrected chi connectivity index (χ3v) is 3.02. The maximum atomic E-state index is 10.8. The molecule has 2 rings (SSSR count). The highest BCUT2D eigenvalue weighted by molar-refractivity contribution is 4.97. The van der Waals surface area contributed by atoms with Crippen LogP contribution in [0.15, 0.2) is 4.79 Å². The average Bonchev–Trinajstić information content (AvgIpc) is 2.71. The smallest absolute Gasteiger partial charge is 0.293 e. The fourth-order valence-electron chi connectivity index (χ4n) is 2.17. The Kier molecular flexibility index (Phi) is 2.20. The van der Waals surface area contributed by atoms with Crippen molar-refractivity contribution in [2.75, 3.05) is 0 Å². The molecule has 4 nitrogen and oxygen atoms in total. The minimum atomic E-state index is -0.185. The van der Waals surface area contributed by atoms with Crippen LogP contribution < -0.4 is 5.69 Å². The highest BCUT2D eigenvalue weighted by Gasteiger charge is 2.26. The van der Waals surface area contributed by atoms with Crippen molar-refractivity contribution < 1.29 is 0 Å². The number of H-pyrrole nitrogens is 2. The molecule has 1 fully saturated rings. The Balaban J connectivity index is 2.07. The lowest BCUT2D eigenvalue weighted by Crippen LogP contribution is -2.03. The van der Waals surface area contributed by atoms with E-state index < -0.39 is 0 Å². The van der Waals surface area contributed by atoms with Gasteiger partial charge in [-0.1, -0.05) is 13.3 Å². The van der Waals surface area contributed by atoms with E-state index >= 15 is 0 Å². The van der Waals surface area contributed by atoms with Crippen LogP contribution in [0.3, 0.4) is 0 Å². The summed E-state index contributed by atoms with van der Waals surface area (Å²) >= 11 is 0. The first kappa shape index (κ1) is 8.53. The molecule has 0 aliphatic heterocycles. The number of nitrogens with one attached hydrogen (secondary N) is 2. The van der Waals surface area contributed by atoms with Crippen LogP contribution in [-0.4, -0.2) is 15.2 Å². The molecule has 1 aromatic rings. The van der Waals surface area contributed by atoms with E-state index in [2.05, 4.69) is 22.1 Å². The highest BCUT2D eigenvalue weighted by atomic mass is 16.1. The minimum Gasteiger partial charge on any atom is -0.293 e. The molecule has 2 unspecified atom stereocenters. The molecule has 1 saturated carbocycles. The second kappa shape index (κ2) is 3.36. The summed E-state index contributed by atoms with van der Waals surface area (Å²) in [6, 6.07) is 0. The lowest BCUT2D eigenvalue weighted by Gasteiger charge is -2.05. The standard InChI is InChI=1S/C9H15N3O/c1-2-6-3-4-7(5-6)8-10-9(13)12-11-8/h6-7H,2-5H2,1H3,(H2,10,11,12,13). The zero-order chi connectivity index (χ0) is 9.26. The van der Waals surface area contributed by atoms with Gasteiger partial charge in [0.15, 0.2) is 0 Å². The molecule has 0 aromatic carbocycles. The Hall–Kier alpha value is -1.06. The quantitative estimate of drug-likeness (QED) is 0.724. The number of hydrogen-bond donors (Lipinski definition) is 2. The molecular weight excluding hydrogens is 166 g/mol. The van der Waals surface area contributed by atoms with Gasteiger partial charge >= 0.3 is 5.69 Å². The Morgan fingerprint density at radius 3 is 2.92 bits per heavy atom. The zero-order valence-electron chi connectivity index (χ0n) is 7.84. The number of aromatic amines is 2. The summed E-state index contributed by atoms with van der Waals surface area (Å²) in [7, 11) is 0. The lowest BCUT2D eigenvalue weighted by atomic mass is 10.0. The van der Waals surface area contributed by atoms with Crippen LogP contribution in [0, 0.1) is 5.92 Å². The third kappa shape index (κ3) is 1.66. The minimum absolute atomic E-state index is 0.185. The van der Waals surface area contributed by atoms with Crippen LogP contribution in [0.5, 0.6) is 0 Å². The highest BCUT2D eigenvalue weighted by Crippen LogP contribution is 2.37. The van der Waals surface area contributed by atoms with E-state index in [9.17, 15) is 4.79 Å². The van der Waals surface area contributed by atoms with Crippen LogP contribution in [0.1, 0.15) is 44.3 Å². The maximum absolute atomic E-state index is 10.8. The van der Waals surface area contributed by atoms with Crippen LogP contribution in [0.25, 0.3) is 0 Å². The van der Waals surface area contributed by atoms with Crippen molar-refractivity contribution in [2.45, 2.75) is 38.5 Å². The number of aromatic nitrogens is 3. The first-order chi connectivity index (χ1) is 6.29. The largest absolute Gasteiger partial charge is 0.340 e. The van der Waals surface area contributed by atoms with Gasteiger partial charge in [0.05, 0.1) is 0 Å². The number of rotatable bonds is 2. The third-order valence-electron chi connectivity index (χ3n) is 3.02. The van der Waals surface area contributed by atoms with Crippen molar-refractivity contribution in [3.05, 3.63) is 16.3 Å². The van der Waals surface area contributed by atoms with E-state index in [1.165, 1.54) is 25.7 Å². The van der Waals surface area contributed by atoms with Gasteiger partial charge < -0.3 is 0 Å². The van der Waals surface area contributed by atoms with Crippen molar-refractivity contribution in [1.82, 2.24) is 15.2 Å². The maximum Gasteiger partial charge on any atom is 0.340 e. The van der Waals surface area contributed by atoms with Gasteiger partial charge in [0.25, 0.3) is 0 Å². The summed E-state index contributed by atoms with van der Waals surface area (Å²) in [5, 5.41) is 6.39. The summed E-state index contributed by atoms with van der Waals surface area (Å²) in [6.07, 6.45) is 4.86. The van der Waals surface area contributed by atoms with Crippen LogP contribution in [-0.2, 0) is 0 Å². The second-order valence-corrected chi connectivity index (χ2v) is 3.85. The Labute approximate surface area is 76.8 Å². The van der Waals surface area contributed by atoms with Gasteiger partial charge in [-0.2, -0.15) is 5.10 Å². The van der Waals surface area contributed by atoms with E-state index in [1.54, 1.807) is 0 Å². The summed E-state index contributed by atoms with van der Waals surface area (Å²) < 4.78 is 0. The average molecular weight is 181 g/mol. The van der Waals surface area contributed by atoms with E-state index in [-0.39, 0.29) is 5.69 Å². The van der Waals surface area contributed by atoms with Crippen LogP contribution in [0.2, 0.25) is 0 Å². The second-order valence-electron chi connectivity index (χ2n) is 3.85. The summed E-state index contributed by atoms with van der Waals surface area (Å²) in [4.78, 5) is 13.6. The fraction of sp³-hybridized carbons (Fsp3) is 0.778. The monoisotopic (exact) mass is 181 g/mol. The van der Waals surface area contributed by atoms with Gasteiger partial charge in [0.2, 0.25) is 0 Å². The normalized spacial score (nSPS) is 28.1. The SMILES string of the molecule is CCC1CCC(c2n[nH]c(=O)[nH]2)C1. The summed E-state index contributed by atoms with van der Waals surface area (Å²) in [5.74, 6) is 2.15. The molecule has 13 heavy (non-hydrogen) atoms. The van der Waals surface area contributed by atoms with Gasteiger partial charge in [-0.3, -0.25) is 4.98 Å². The Morgan fingerprint density at radius 2 is 2.38 bits per heavy atom. The van der Waals surface area contributed by atoms with E-state index in [4.69, 9.17) is 0 Å². The first-order valence-electron chi connectivity index (χ1n) is 4.94.